The number of phenols is 2. The molecule has 0 spiro atoms. The molecule has 0 unspecified atom stereocenters. The van der Waals surface area contributed by atoms with E-state index in [4.69, 9.17) is 10.2 Å². The van der Waals surface area contributed by atoms with Gasteiger partial charge in [-0.3, -0.25) is 0 Å². The van der Waals surface area contributed by atoms with Gasteiger partial charge in [-0.25, -0.2) is 0 Å². The topological polar surface area (TPSA) is 40.5 Å². The van der Waals surface area contributed by atoms with E-state index in [-0.39, 0.29) is 49.2 Å². The first kappa shape index (κ1) is 12.7. The molecule has 0 aliphatic heterocycles. The molecule has 0 aromatic heterocycles. The molecular formula is C6H6Li2O2. The second-order valence-electron chi connectivity index (χ2n) is 1.49. The minimum atomic E-state index is -0.0764. The summed E-state index contributed by atoms with van der Waals surface area (Å²) in [5, 5.41) is 17.3. The van der Waals surface area contributed by atoms with Gasteiger partial charge < -0.3 is 10.2 Å². The van der Waals surface area contributed by atoms with Gasteiger partial charge in [0.15, 0.2) is 11.5 Å². The largest absolute Gasteiger partial charge is 0.504 e. The van der Waals surface area contributed by atoms with Crippen LogP contribution in [0.3, 0.4) is 0 Å². The van der Waals surface area contributed by atoms with Crippen molar-refractivity contribution in [1.82, 2.24) is 0 Å². The molecule has 0 heterocycles. The zero-order chi connectivity index (χ0) is 5.98. The summed E-state index contributed by atoms with van der Waals surface area (Å²) in [6.07, 6.45) is 0. The van der Waals surface area contributed by atoms with E-state index in [1.165, 1.54) is 12.1 Å². The van der Waals surface area contributed by atoms with Crippen LogP contribution in [0.15, 0.2) is 24.3 Å². The summed E-state index contributed by atoms with van der Waals surface area (Å²) in [6, 6.07) is 6.15. The molecule has 2 nitrogen and oxygen atoms in total. The fraction of sp³-hybridized carbons (Fsp3) is 0. The van der Waals surface area contributed by atoms with Crippen molar-refractivity contribution in [1.29, 1.82) is 0 Å². The Kier molecular flexibility index (Phi) is 7.32. The molecule has 1 rings (SSSR count). The van der Waals surface area contributed by atoms with Crippen LogP contribution in [0.4, 0.5) is 0 Å². The average molecular weight is 124 g/mol. The van der Waals surface area contributed by atoms with Crippen molar-refractivity contribution in [2.75, 3.05) is 0 Å². The standard InChI is InChI=1S/C6H6O2.2Li/c7-5-3-1-2-4-6(5)8;;/h1-4,7-8H;;. The van der Waals surface area contributed by atoms with Crippen LogP contribution in [0.2, 0.25) is 0 Å². The molecule has 4 heteroatoms. The Hall–Kier alpha value is 0.0148. The fourth-order valence-corrected chi connectivity index (χ4v) is 0.464. The Labute approximate surface area is 83.6 Å². The predicted octanol–water partition coefficient (Wildman–Crippen LogP) is 0.336. The number of hydrogen-bond donors (Lipinski definition) is 2. The monoisotopic (exact) mass is 124 g/mol. The van der Waals surface area contributed by atoms with E-state index in [9.17, 15) is 0 Å². The number of para-hydroxylation sites is 2. The third kappa shape index (κ3) is 3.25. The van der Waals surface area contributed by atoms with Crippen molar-refractivity contribution < 1.29 is 10.2 Å². The molecule has 0 aliphatic carbocycles. The van der Waals surface area contributed by atoms with E-state index in [0.29, 0.717) is 0 Å². The molecule has 0 amide bonds. The van der Waals surface area contributed by atoms with Crippen molar-refractivity contribution in [3.8, 4) is 11.5 Å². The van der Waals surface area contributed by atoms with Crippen LogP contribution in [0, 0.1) is 0 Å². The van der Waals surface area contributed by atoms with E-state index in [2.05, 4.69) is 0 Å². The molecule has 0 atom stereocenters. The van der Waals surface area contributed by atoms with Crippen molar-refractivity contribution in [3.63, 3.8) is 0 Å². The van der Waals surface area contributed by atoms with E-state index < -0.39 is 0 Å². The van der Waals surface area contributed by atoms with Gasteiger partial charge >= 0.3 is 0 Å². The van der Waals surface area contributed by atoms with Crippen LogP contribution in [-0.4, -0.2) is 47.9 Å². The summed E-state index contributed by atoms with van der Waals surface area (Å²) in [5.74, 6) is -0.153. The first-order valence-electron chi connectivity index (χ1n) is 2.27. The first-order chi connectivity index (χ1) is 3.80. The smallest absolute Gasteiger partial charge is 0.157 e. The minimum Gasteiger partial charge on any atom is -0.504 e. The number of rotatable bonds is 0. The Bertz CT molecular complexity index is 170. The van der Waals surface area contributed by atoms with Gasteiger partial charge in [0, 0.05) is 37.7 Å². The number of aromatic hydroxyl groups is 2. The Balaban J connectivity index is 0. The van der Waals surface area contributed by atoms with Gasteiger partial charge in [-0.15, -0.1) is 0 Å². The second kappa shape index (κ2) is 5.77. The second-order valence-corrected chi connectivity index (χ2v) is 1.49. The van der Waals surface area contributed by atoms with E-state index in [0.717, 1.165) is 0 Å². The molecule has 0 bridgehead atoms. The molecule has 1 aromatic rings. The summed E-state index contributed by atoms with van der Waals surface area (Å²) in [4.78, 5) is 0. The SMILES string of the molecule is Oc1ccccc1O.[Li].[Li]. The molecule has 1 aromatic carbocycles. The number of hydrogen-bond acceptors (Lipinski definition) is 2. The normalized spacial score (nSPS) is 7.20. The molecule has 44 valence electrons. The molecule has 2 N–H and O–H groups in total. The van der Waals surface area contributed by atoms with Gasteiger partial charge in [0.05, 0.1) is 0 Å². The molecule has 0 saturated heterocycles. The molecule has 0 saturated carbocycles. The van der Waals surface area contributed by atoms with Crippen LogP contribution < -0.4 is 0 Å². The zero-order valence-electron chi connectivity index (χ0n) is 6.20. The minimum absolute atomic E-state index is 0. The third-order valence-electron chi connectivity index (χ3n) is 0.882. The zero-order valence-corrected chi connectivity index (χ0v) is 6.20. The van der Waals surface area contributed by atoms with Gasteiger partial charge in [0.1, 0.15) is 0 Å². The van der Waals surface area contributed by atoms with Crippen LogP contribution >= 0.6 is 0 Å². The molecule has 10 heavy (non-hydrogen) atoms. The third-order valence-corrected chi connectivity index (χ3v) is 0.882. The number of phenolic OH excluding ortho intramolecular Hbond substituents is 2. The quantitative estimate of drug-likeness (QED) is 0.386. The first-order valence-corrected chi connectivity index (χ1v) is 2.27. The summed E-state index contributed by atoms with van der Waals surface area (Å²) in [5.41, 5.74) is 0. The summed E-state index contributed by atoms with van der Waals surface area (Å²) in [7, 11) is 0. The van der Waals surface area contributed by atoms with Crippen LogP contribution in [-0.2, 0) is 0 Å². The van der Waals surface area contributed by atoms with E-state index in [1.54, 1.807) is 12.1 Å². The maximum atomic E-state index is 8.67. The van der Waals surface area contributed by atoms with Gasteiger partial charge in [-0.1, -0.05) is 12.1 Å². The van der Waals surface area contributed by atoms with Crippen LogP contribution in [0.1, 0.15) is 0 Å². The van der Waals surface area contributed by atoms with Gasteiger partial charge in [0.2, 0.25) is 0 Å². The summed E-state index contributed by atoms with van der Waals surface area (Å²) in [6.45, 7) is 0. The van der Waals surface area contributed by atoms with Crippen LogP contribution in [0.5, 0.6) is 11.5 Å². The van der Waals surface area contributed by atoms with Gasteiger partial charge in [-0.05, 0) is 12.1 Å². The maximum absolute atomic E-state index is 8.67. The van der Waals surface area contributed by atoms with Crippen LogP contribution in [0.25, 0.3) is 0 Å². The number of benzene rings is 1. The Morgan fingerprint density at radius 1 is 0.800 bits per heavy atom. The van der Waals surface area contributed by atoms with Crippen molar-refractivity contribution in [3.05, 3.63) is 24.3 Å². The maximum Gasteiger partial charge on any atom is 0.157 e. The molecule has 0 aliphatic rings. The average Bonchev–Trinajstić information content (AvgIpc) is 1.77. The van der Waals surface area contributed by atoms with Crippen molar-refractivity contribution in [2.45, 2.75) is 0 Å². The molecule has 2 radical (unpaired) electrons. The van der Waals surface area contributed by atoms with Crippen molar-refractivity contribution in [2.24, 2.45) is 0 Å². The molecule has 0 fully saturated rings. The van der Waals surface area contributed by atoms with Gasteiger partial charge in [-0.2, -0.15) is 0 Å². The fourth-order valence-electron chi connectivity index (χ4n) is 0.464. The van der Waals surface area contributed by atoms with Gasteiger partial charge in [0.25, 0.3) is 0 Å². The Morgan fingerprint density at radius 2 is 1.10 bits per heavy atom. The summed E-state index contributed by atoms with van der Waals surface area (Å²) >= 11 is 0. The molecular weight excluding hydrogens is 118 g/mol. The van der Waals surface area contributed by atoms with E-state index in [1.807, 2.05) is 0 Å². The summed E-state index contributed by atoms with van der Waals surface area (Å²) < 4.78 is 0. The van der Waals surface area contributed by atoms with Crippen molar-refractivity contribution >= 4 is 37.7 Å². The van der Waals surface area contributed by atoms with E-state index >= 15 is 0 Å². The Morgan fingerprint density at radius 3 is 1.30 bits per heavy atom. The predicted molar refractivity (Wildman–Crippen MR) is 41.3 cm³/mol.